The van der Waals surface area contributed by atoms with Gasteiger partial charge in [0, 0.05) is 32.2 Å². The van der Waals surface area contributed by atoms with E-state index < -0.39 is 0 Å². The summed E-state index contributed by atoms with van der Waals surface area (Å²) in [7, 11) is 3.76. The monoisotopic (exact) mass is 276 g/mol. The van der Waals surface area contributed by atoms with Crippen LogP contribution in [0.1, 0.15) is 18.1 Å². The highest BCUT2D eigenvalue weighted by Gasteiger charge is 2.21. The molecule has 1 aromatic carbocycles. The van der Waals surface area contributed by atoms with E-state index in [1.165, 1.54) is 5.56 Å². The molecule has 5 nitrogen and oxygen atoms in total. The Hall–Kier alpha value is -1.59. The normalized spacial score (nSPS) is 20.9. The van der Waals surface area contributed by atoms with E-state index in [-0.39, 0.29) is 5.84 Å². The molecule has 5 heteroatoms. The van der Waals surface area contributed by atoms with Crippen LogP contribution in [-0.4, -0.2) is 55.5 Å². The molecule has 1 atom stereocenters. The number of likely N-dealkylation sites (N-methyl/N-ethyl adjacent to an activating group) is 1. The number of amidine groups is 1. The lowest BCUT2D eigenvalue weighted by Crippen LogP contribution is -2.49. The van der Waals surface area contributed by atoms with E-state index in [0.717, 1.165) is 26.2 Å². The van der Waals surface area contributed by atoms with Crippen molar-refractivity contribution in [3.05, 3.63) is 29.3 Å². The fourth-order valence-electron chi connectivity index (χ4n) is 2.71. The Labute approximate surface area is 120 Å². The van der Waals surface area contributed by atoms with Crippen LogP contribution in [0.25, 0.3) is 0 Å². The van der Waals surface area contributed by atoms with Crippen LogP contribution in [0.4, 0.5) is 0 Å². The molecular formula is C15H24N4O. The molecule has 1 aromatic rings. The van der Waals surface area contributed by atoms with Gasteiger partial charge in [0.1, 0.15) is 11.6 Å². The first-order valence-electron chi connectivity index (χ1n) is 6.95. The van der Waals surface area contributed by atoms with E-state index in [2.05, 4.69) is 29.8 Å². The zero-order valence-corrected chi connectivity index (χ0v) is 12.5. The molecule has 1 heterocycles. The second kappa shape index (κ2) is 6.24. The van der Waals surface area contributed by atoms with Crippen molar-refractivity contribution < 1.29 is 4.74 Å². The van der Waals surface area contributed by atoms with Gasteiger partial charge in [0.2, 0.25) is 0 Å². The Morgan fingerprint density at radius 3 is 2.80 bits per heavy atom. The van der Waals surface area contributed by atoms with Crippen LogP contribution in [0, 0.1) is 5.41 Å². The maximum atomic E-state index is 7.64. The highest BCUT2D eigenvalue weighted by molar-refractivity contribution is 5.97. The molecule has 1 saturated heterocycles. The Bertz CT molecular complexity index is 489. The fourth-order valence-corrected chi connectivity index (χ4v) is 2.71. The summed E-state index contributed by atoms with van der Waals surface area (Å²) in [6, 6.07) is 6.45. The molecule has 0 radical (unpaired) electrons. The molecule has 1 fully saturated rings. The zero-order chi connectivity index (χ0) is 14.7. The van der Waals surface area contributed by atoms with Gasteiger partial charge in [-0.15, -0.1) is 0 Å². The fraction of sp³-hybridized carbons (Fsp3) is 0.533. The minimum Gasteiger partial charge on any atom is -0.496 e. The van der Waals surface area contributed by atoms with Crippen LogP contribution in [0.15, 0.2) is 18.2 Å². The van der Waals surface area contributed by atoms with Gasteiger partial charge in [-0.2, -0.15) is 0 Å². The van der Waals surface area contributed by atoms with Crippen LogP contribution in [0.2, 0.25) is 0 Å². The molecule has 110 valence electrons. The quantitative estimate of drug-likeness (QED) is 0.639. The van der Waals surface area contributed by atoms with Gasteiger partial charge in [-0.05, 0) is 31.7 Å². The SMILES string of the molecule is COc1ccc(CN2CCN(C)CC2C)cc1C(=N)N. The number of piperazine rings is 1. The van der Waals surface area contributed by atoms with Gasteiger partial charge in [0.25, 0.3) is 0 Å². The third-order valence-corrected chi connectivity index (χ3v) is 3.91. The summed E-state index contributed by atoms with van der Waals surface area (Å²) in [5.41, 5.74) is 7.47. The molecule has 0 aromatic heterocycles. The number of nitrogens with two attached hydrogens (primary N) is 1. The maximum absolute atomic E-state index is 7.64. The summed E-state index contributed by atoms with van der Waals surface area (Å²) in [4.78, 5) is 4.82. The van der Waals surface area contributed by atoms with E-state index in [1.54, 1.807) is 7.11 Å². The van der Waals surface area contributed by atoms with Crippen LogP contribution >= 0.6 is 0 Å². The minimum atomic E-state index is 0.0510. The molecular weight excluding hydrogens is 252 g/mol. The maximum Gasteiger partial charge on any atom is 0.129 e. The van der Waals surface area contributed by atoms with Crippen molar-refractivity contribution in [3.63, 3.8) is 0 Å². The summed E-state index contributed by atoms with van der Waals surface area (Å²) in [5, 5.41) is 7.64. The summed E-state index contributed by atoms with van der Waals surface area (Å²) in [5.74, 6) is 0.711. The minimum absolute atomic E-state index is 0.0510. The number of methoxy groups -OCH3 is 1. The van der Waals surface area contributed by atoms with Crippen molar-refractivity contribution in [1.82, 2.24) is 9.80 Å². The number of nitrogens with zero attached hydrogens (tertiary/aromatic N) is 2. The molecule has 0 saturated carbocycles. The van der Waals surface area contributed by atoms with Crippen molar-refractivity contribution in [3.8, 4) is 5.75 Å². The topological polar surface area (TPSA) is 65.6 Å². The van der Waals surface area contributed by atoms with E-state index in [0.29, 0.717) is 17.4 Å². The lowest BCUT2D eigenvalue weighted by atomic mass is 10.1. The smallest absolute Gasteiger partial charge is 0.129 e. The molecule has 0 amide bonds. The van der Waals surface area contributed by atoms with E-state index >= 15 is 0 Å². The Balaban J connectivity index is 2.13. The Morgan fingerprint density at radius 1 is 1.45 bits per heavy atom. The first-order valence-corrected chi connectivity index (χ1v) is 6.95. The lowest BCUT2D eigenvalue weighted by Gasteiger charge is -2.38. The van der Waals surface area contributed by atoms with Crippen LogP contribution in [-0.2, 0) is 6.54 Å². The summed E-state index contributed by atoms with van der Waals surface area (Å²) in [6.45, 7) is 6.40. The predicted octanol–water partition coefficient (Wildman–Crippen LogP) is 1.12. The molecule has 1 unspecified atom stereocenters. The molecule has 3 N–H and O–H groups in total. The molecule has 0 spiro atoms. The predicted molar refractivity (Wildman–Crippen MR) is 81.4 cm³/mol. The molecule has 1 aliphatic rings. The second-order valence-electron chi connectivity index (χ2n) is 5.53. The highest BCUT2D eigenvalue weighted by atomic mass is 16.5. The van der Waals surface area contributed by atoms with E-state index in [1.807, 2.05) is 12.1 Å². The largest absolute Gasteiger partial charge is 0.496 e. The zero-order valence-electron chi connectivity index (χ0n) is 12.5. The molecule has 20 heavy (non-hydrogen) atoms. The van der Waals surface area contributed by atoms with Gasteiger partial charge in [0.05, 0.1) is 12.7 Å². The summed E-state index contributed by atoms with van der Waals surface area (Å²) < 4.78 is 5.25. The average molecular weight is 276 g/mol. The van der Waals surface area contributed by atoms with E-state index in [9.17, 15) is 0 Å². The number of nitrogens with one attached hydrogen (secondary N) is 1. The van der Waals surface area contributed by atoms with Gasteiger partial charge in [-0.25, -0.2) is 0 Å². The van der Waals surface area contributed by atoms with Crippen molar-refractivity contribution in [2.75, 3.05) is 33.8 Å². The number of ether oxygens (including phenoxy) is 1. The van der Waals surface area contributed by atoms with Crippen molar-refractivity contribution in [1.29, 1.82) is 5.41 Å². The number of hydrogen-bond acceptors (Lipinski definition) is 4. The van der Waals surface area contributed by atoms with Gasteiger partial charge in [-0.3, -0.25) is 10.3 Å². The molecule has 2 rings (SSSR count). The number of hydrogen-bond donors (Lipinski definition) is 2. The van der Waals surface area contributed by atoms with Crippen LogP contribution in [0.3, 0.4) is 0 Å². The third kappa shape index (κ3) is 3.29. The standard InChI is InChI=1S/C15H24N4O/c1-11-9-18(2)6-7-19(11)10-12-4-5-14(20-3)13(8-12)15(16)17/h4-5,8,11H,6-7,9-10H2,1-3H3,(H3,16,17). The number of nitrogen functional groups attached to an aromatic ring is 1. The number of rotatable bonds is 4. The van der Waals surface area contributed by atoms with E-state index in [4.69, 9.17) is 15.9 Å². The molecule has 0 aliphatic carbocycles. The van der Waals surface area contributed by atoms with Gasteiger partial charge < -0.3 is 15.4 Å². The van der Waals surface area contributed by atoms with Crippen LogP contribution in [0.5, 0.6) is 5.75 Å². The first kappa shape index (κ1) is 14.8. The van der Waals surface area contributed by atoms with Gasteiger partial charge >= 0.3 is 0 Å². The van der Waals surface area contributed by atoms with Crippen LogP contribution < -0.4 is 10.5 Å². The second-order valence-corrected chi connectivity index (χ2v) is 5.53. The third-order valence-electron chi connectivity index (χ3n) is 3.91. The van der Waals surface area contributed by atoms with Crippen molar-refractivity contribution in [2.24, 2.45) is 5.73 Å². The van der Waals surface area contributed by atoms with Crippen molar-refractivity contribution in [2.45, 2.75) is 19.5 Å². The number of benzene rings is 1. The summed E-state index contributed by atoms with van der Waals surface area (Å²) in [6.07, 6.45) is 0. The molecule has 1 aliphatic heterocycles. The first-order chi connectivity index (χ1) is 9.51. The Morgan fingerprint density at radius 2 is 2.20 bits per heavy atom. The summed E-state index contributed by atoms with van der Waals surface area (Å²) >= 11 is 0. The average Bonchev–Trinajstić information content (AvgIpc) is 2.41. The van der Waals surface area contributed by atoms with Crippen molar-refractivity contribution >= 4 is 5.84 Å². The van der Waals surface area contributed by atoms with Gasteiger partial charge in [0.15, 0.2) is 0 Å². The Kier molecular flexibility index (Phi) is 4.62. The highest BCUT2D eigenvalue weighted by Crippen LogP contribution is 2.21. The van der Waals surface area contributed by atoms with Gasteiger partial charge in [-0.1, -0.05) is 6.07 Å². The molecule has 0 bridgehead atoms. The lowest BCUT2D eigenvalue weighted by molar-refractivity contribution is 0.0938.